The van der Waals surface area contributed by atoms with E-state index in [2.05, 4.69) is 33.3 Å². The molecule has 5 nitrogen and oxygen atoms in total. The van der Waals surface area contributed by atoms with Gasteiger partial charge in [-0.3, -0.25) is 10.1 Å². The quantitative estimate of drug-likeness (QED) is 0.679. The number of aromatic nitrogens is 1. The van der Waals surface area contributed by atoms with Crippen molar-refractivity contribution in [1.82, 2.24) is 5.16 Å². The minimum absolute atomic E-state index is 0.303. The lowest BCUT2D eigenvalue weighted by Crippen LogP contribution is -2.16. The smallest absolute Gasteiger partial charge is 0.294 e. The lowest BCUT2D eigenvalue weighted by Gasteiger charge is -2.16. The van der Waals surface area contributed by atoms with E-state index in [9.17, 15) is 4.79 Å². The van der Waals surface area contributed by atoms with Gasteiger partial charge in [0.05, 0.1) is 5.69 Å². The molecule has 24 heavy (non-hydrogen) atoms. The Kier molecular flexibility index (Phi) is 3.72. The zero-order valence-electron chi connectivity index (χ0n) is 13.5. The maximum atomic E-state index is 12.7. The lowest BCUT2D eigenvalue weighted by molar-refractivity contribution is 0.0994. The maximum absolute atomic E-state index is 12.7. The Labute approximate surface area is 147 Å². The van der Waals surface area contributed by atoms with Crippen molar-refractivity contribution in [2.45, 2.75) is 33.1 Å². The van der Waals surface area contributed by atoms with Crippen LogP contribution in [-0.4, -0.2) is 11.1 Å². The Hall–Kier alpha value is -2.08. The van der Waals surface area contributed by atoms with Gasteiger partial charge in [0.15, 0.2) is 5.76 Å². The Morgan fingerprint density at radius 1 is 1.42 bits per heavy atom. The van der Waals surface area contributed by atoms with Gasteiger partial charge in [-0.2, -0.15) is 0 Å². The van der Waals surface area contributed by atoms with E-state index in [0.29, 0.717) is 23.1 Å². The van der Waals surface area contributed by atoms with Crippen LogP contribution in [0.25, 0.3) is 11.0 Å². The number of nitrogens with one attached hydrogen (secondary N) is 1. The highest BCUT2D eigenvalue weighted by Crippen LogP contribution is 2.32. The normalized spacial score (nSPS) is 17.0. The summed E-state index contributed by atoms with van der Waals surface area (Å²) in [5.74, 6) is 1.01. The van der Waals surface area contributed by atoms with Crippen molar-refractivity contribution in [3.8, 4) is 0 Å². The highest BCUT2D eigenvalue weighted by molar-refractivity contribution is 9.10. The molecule has 1 amide bonds. The molecule has 2 aromatic heterocycles. The molecule has 0 bridgehead atoms. The average molecular weight is 389 g/mol. The zero-order valence-corrected chi connectivity index (χ0v) is 15.1. The molecule has 124 valence electrons. The number of hydrogen-bond acceptors (Lipinski definition) is 4. The zero-order chi connectivity index (χ0) is 16.8. The molecule has 1 N–H and O–H groups in total. The third-order valence-corrected chi connectivity index (χ3v) is 5.12. The molecule has 1 atom stereocenters. The number of benzene rings is 1. The van der Waals surface area contributed by atoms with Gasteiger partial charge in [0.25, 0.3) is 5.91 Å². The molecule has 0 saturated carbocycles. The Morgan fingerprint density at radius 2 is 2.25 bits per heavy atom. The Balaban J connectivity index is 1.66. The topological polar surface area (TPSA) is 68.3 Å². The van der Waals surface area contributed by atoms with Crippen molar-refractivity contribution in [2.24, 2.45) is 5.92 Å². The van der Waals surface area contributed by atoms with E-state index in [1.165, 1.54) is 0 Å². The largest absolute Gasteiger partial charge is 0.451 e. The molecular weight excluding hydrogens is 372 g/mol. The van der Waals surface area contributed by atoms with E-state index in [0.717, 1.165) is 45.9 Å². The number of aryl methyl sites for hydroxylation is 2. The van der Waals surface area contributed by atoms with Crippen molar-refractivity contribution in [3.05, 3.63) is 45.3 Å². The molecule has 6 heteroatoms. The van der Waals surface area contributed by atoms with Crippen molar-refractivity contribution >= 4 is 38.7 Å². The Bertz CT molecular complexity index is 941. The number of furan rings is 1. The molecule has 4 rings (SSSR count). The second-order valence-corrected chi connectivity index (χ2v) is 7.35. The van der Waals surface area contributed by atoms with Crippen LogP contribution >= 0.6 is 15.9 Å². The predicted molar refractivity (Wildman–Crippen MR) is 94.3 cm³/mol. The third-order valence-electron chi connectivity index (χ3n) is 4.63. The number of carbonyl (C=O) groups excluding carboxylic acids is 1. The third kappa shape index (κ3) is 2.55. The number of amides is 1. The molecule has 0 saturated heterocycles. The highest BCUT2D eigenvalue weighted by Gasteiger charge is 2.26. The molecule has 1 aliphatic carbocycles. The van der Waals surface area contributed by atoms with Gasteiger partial charge in [-0.25, -0.2) is 0 Å². The van der Waals surface area contributed by atoms with Crippen LogP contribution in [0.1, 0.15) is 40.7 Å². The summed E-state index contributed by atoms with van der Waals surface area (Å²) in [6.45, 7) is 4.08. The molecule has 2 heterocycles. The van der Waals surface area contributed by atoms with Gasteiger partial charge in [-0.15, -0.1) is 0 Å². The van der Waals surface area contributed by atoms with Crippen LogP contribution in [0.2, 0.25) is 0 Å². The van der Waals surface area contributed by atoms with Gasteiger partial charge in [-0.05, 0) is 50.3 Å². The number of rotatable bonds is 2. The van der Waals surface area contributed by atoms with Crippen molar-refractivity contribution < 1.29 is 13.7 Å². The molecule has 0 fully saturated rings. The summed E-state index contributed by atoms with van der Waals surface area (Å²) in [4.78, 5) is 12.7. The Morgan fingerprint density at radius 3 is 3.08 bits per heavy atom. The van der Waals surface area contributed by atoms with Gasteiger partial charge in [0.2, 0.25) is 5.88 Å². The fourth-order valence-corrected chi connectivity index (χ4v) is 3.61. The second-order valence-electron chi connectivity index (χ2n) is 6.44. The monoisotopic (exact) mass is 388 g/mol. The predicted octanol–water partition coefficient (Wildman–Crippen LogP) is 4.87. The lowest BCUT2D eigenvalue weighted by atomic mass is 9.89. The number of carbonyl (C=O) groups is 1. The molecule has 1 aliphatic rings. The number of anilines is 1. The second kappa shape index (κ2) is 5.77. The van der Waals surface area contributed by atoms with Gasteiger partial charge in [0, 0.05) is 21.0 Å². The van der Waals surface area contributed by atoms with Crippen LogP contribution in [-0.2, 0) is 12.8 Å². The number of hydrogen-bond donors (Lipinski definition) is 1. The first-order valence-electron chi connectivity index (χ1n) is 8.00. The summed E-state index contributed by atoms with van der Waals surface area (Å²) in [5.41, 5.74) is 3.46. The summed E-state index contributed by atoms with van der Waals surface area (Å²) >= 11 is 3.44. The minimum Gasteiger partial charge on any atom is -0.451 e. The fourth-order valence-electron chi connectivity index (χ4n) is 3.25. The van der Waals surface area contributed by atoms with Gasteiger partial charge in [-0.1, -0.05) is 28.0 Å². The van der Waals surface area contributed by atoms with Crippen molar-refractivity contribution in [1.29, 1.82) is 0 Å². The van der Waals surface area contributed by atoms with Crippen LogP contribution in [0.4, 0.5) is 5.88 Å². The first kappa shape index (κ1) is 15.4. The molecule has 3 aromatic rings. The molecule has 0 radical (unpaired) electrons. The highest BCUT2D eigenvalue weighted by atomic mass is 79.9. The average Bonchev–Trinajstić information content (AvgIpc) is 3.09. The molecule has 0 unspecified atom stereocenters. The van der Waals surface area contributed by atoms with Gasteiger partial charge >= 0.3 is 0 Å². The van der Waals surface area contributed by atoms with Crippen LogP contribution < -0.4 is 5.32 Å². The number of nitrogens with zero attached hydrogens (tertiary/aromatic N) is 1. The molecular formula is C18H17BrN2O3. The van der Waals surface area contributed by atoms with Crippen molar-refractivity contribution in [2.75, 3.05) is 5.32 Å². The van der Waals surface area contributed by atoms with E-state index >= 15 is 0 Å². The van der Waals surface area contributed by atoms with Crippen LogP contribution in [0, 0.1) is 12.8 Å². The van der Waals surface area contributed by atoms with Gasteiger partial charge in [0.1, 0.15) is 5.58 Å². The first-order valence-corrected chi connectivity index (χ1v) is 8.79. The minimum atomic E-state index is -0.308. The van der Waals surface area contributed by atoms with Crippen LogP contribution in [0.5, 0.6) is 0 Å². The molecule has 1 aromatic carbocycles. The maximum Gasteiger partial charge on any atom is 0.294 e. The summed E-state index contributed by atoms with van der Waals surface area (Å²) in [7, 11) is 0. The standard InChI is InChI=1S/C18H17BrN2O3/c1-9-3-5-14-13(7-9)18(24-21-14)20-17(22)16-10(2)12-8-11(19)4-6-15(12)23-16/h4,6,8-9H,3,5,7H2,1-2H3,(H,20,22)/t9-/m1/s1. The first-order chi connectivity index (χ1) is 11.5. The van der Waals surface area contributed by atoms with Crippen LogP contribution in [0.3, 0.4) is 0 Å². The van der Waals surface area contributed by atoms with E-state index in [4.69, 9.17) is 8.94 Å². The number of halogens is 1. The summed E-state index contributed by atoms with van der Waals surface area (Å²) in [6, 6.07) is 5.69. The number of fused-ring (bicyclic) bond motifs is 2. The van der Waals surface area contributed by atoms with E-state index in [-0.39, 0.29) is 5.91 Å². The van der Waals surface area contributed by atoms with Crippen LogP contribution in [0.15, 0.2) is 31.6 Å². The SMILES string of the molecule is Cc1c(C(=O)Nc2onc3c2C[C@H](C)CC3)oc2ccc(Br)cc12. The summed E-state index contributed by atoms with van der Waals surface area (Å²) in [5, 5.41) is 7.84. The van der Waals surface area contributed by atoms with E-state index in [1.807, 2.05) is 25.1 Å². The molecule has 0 aliphatic heterocycles. The van der Waals surface area contributed by atoms with Crippen molar-refractivity contribution in [3.63, 3.8) is 0 Å². The summed E-state index contributed by atoms with van der Waals surface area (Å²) < 4.78 is 12.0. The fraction of sp³-hybridized carbons (Fsp3) is 0.333. The van der Waals surface area contributed by atoms with E-state index < -0.39 is 0 Å². The van der Waals surface area contributed by atoms with E-state index in [1.54, 1.807) is 0 Å². The van der Waals surface area contributed by atoms with Gasteiger partial charge < -0.3 is 8.94 Å². The summed E-state index contributed by atoms with van der Waals surface area (Å²) in [6.07, 6.45) is 2.87. The molecule has 0 spiro atoms.